The third kappa shape index (κ3) is 1.33. The number of carbonyl (C=O) groups is 1. The standard InChI is InChI=1S/C9H7FN2O4/c10-6-3-1-2-5-7(6)11-8(13)9(5,14)4-12(15)16/h1-3,14H,4H2,(H,11,13). The molecule has 0 bridgehead atoms. The lowest BCUT2D eigenvalue weighted by atomic mass is 9.95. The highest BCUT2D eigenvalue weighted by molar-refractivity contribution is 6.05. The van der Waals surface area contributed by atoms with Crippen LogP contribution in [0, 0.1) is 15.9 Å². The summed E-state index contributed by atoms with van der Waals surface area (Å²) in [5, 5.41) is 22.4. The molecular weight excluding hydrogens is 219 g/mol. The number of fused-ring (bicyclic) bond motifs is 1. The molecule has 16 heavy (non-hydrogen) atoms. The summed E-state index contributed by atoms with van der Waals surface area (Å²) in [6.45, 7) is -0.991. The van der Waals surface area contributed by atoms with Crippen LogP contribution in [0.25, 0.3) is 0 Å². The van der Waals surface area contributed by atoms with E-state index in [1.54, 1.807) is 0 Å². The number of nitrogens with one attached hydrogen (secondary N) is 1. The van der Waals surface area contributed by atoms with Gasteiger partial charge >= 0.3 is 0 Å². The third-order valence-electron chi connectivity index (χ3n) is 2.43. The zero-order chi connectivity index (χ0) is 11.9. The molecule has 1 aliphatic heterocycles. The van der Waals surface area contributed by atoms with Crippen LogP contribution in [-0.4, -0.2) is 22.5 Å². The molecule has 1 aliphatic rings. The zero-order valence-corrected chi connectivity index (χ0v) is 7.94. The van der Waals surface area contributed by atoms with Gasteiger partial charge in [-0.3, -0.25) is 14.9 Å². The Morgan fingerprint density at radius 2 is 2.25 bits per heavy atom. The maximum Gasteiger partial charge on any atom is 0.268 e. The van der Waals surface area contributed by atoms with E-state index in [0.717, 1.165) is 6.07 Å². The quantitative estimate of drug-likeness (QED) is 0.558. The molecule has 7 heteroatoms. The molecule has 2 rings (SSSR count). The molecule has 1 heterocycles. The van der Waals surface area contributed by atoms with E-state index in [1.807, 2.05) is 0 Å². The highest BCUT2D eigenvalue weighted by atomic mass is 19.1. The first-order valence-corrected chi connectivity index (χ1v) is 4.40. The van der Waals surface area contributed by atoms with E-state index in [4.69, 9.17) is 0 Å². The second-order valence-corrected chi connectivity index (χ2v) is 3.47. The molecule has 0 saturated heterocycles. The second-order valence-electron chi connectivity index (χ2n) is 3.47. The van der Waals surface area contributed by atoms with E-state index in [2.05, 4.69) is 5.32 Å². The summed E-state index contributed by atoms with van der Waals surface area (Å²) in [6.07, 6.45) is 0. The minimum atomic E-state index is -2.29. The van der Waals surface area contributed by atoms with Gasteiger partial charge in [-0.25, -0.2) is 4.39 Å². The summed E-state index contributed by atoms with van der Waals surface area (Å²) in [5.41, 5.74) is -2.59. The van der Waals surface area contributed by atoms with Crippen LogP contribution in [-0.2, 0) is 10.4 Å². The lowest BCUT2D eigenvalue weighted by molar-refractivity contribution is -0.498. The minimum Gasteiger partial charge on any atom is -0.370 e. The van der Waals surface area contributed by atoms with E-state index >= 15 is 0 Å². The fourth-order valence-electron chi connectivity index (χ4n) is 1.68. The van der Waals surface area contributed by atoms with Gasteiger partial charge in [0, 0.05) is 10.5 Å². The monoisotopic (exact) mass is 226 g/mol. The lowest BCUT2D eigenvalue weighted by Crippen LogP contribution is -2.40. The average molecular weight is 226 g/mol. The molecule has 0 aliphatic carbocycles. The molecule has 0 spiro atoms. The molecule has 6 nitrogen and oxygen atoms in total. The number of aliphatic hydroxyl groups is 1. The molecule has 0 fully saturated rings. The molecule has 1 amide bonds. The summed E-state index contributed by atoms with van der Waals surface area (Å²) in [5.74, 6) is -1.71. The van der Waals surface area contributed by atoms with Crippen LogP contribution in [0.3, 0.4) is 0 Å². The molecule has 0 radical (unpaired) electrons. The molecule has 1 aromatic rings. The van der Waals surface area contributed by atoms with Gasteiger partial charge in [-0.2, -0.15) is 0 Å². The van der Waals surface area contributed by atoms with E-state index in [0.29, 0.717) is 0 Å². The predicted octanol–water partition coefficient (Wildman–Crippen LogP) is 0.242. The molecule has 1 aromatic carbocycles. The average Bonchev–Trinajstić information content (AvgIpc) is 2.41. The molecule has 0 aromatic heterocycles. The first-order valence-electron chi connectivity index (χ1n) is 4.40. The van der Waals surface area contributed by atoms with E-state index in [9.17, 15) is 24.4 Å². The van der Waals surface area contributed by atoms with E-state index in [-0.39, 0.29) is 11.3 Å². The van der Waals surface area contributed by atoms with Crippen molar-refractivity contribution in [2.45, 2.75) is 5.60 Å². The first kappa shape index (κ1) is 10.5. The number of nitro groups is 1. The molecule has 84 valence electrons. The van der Waals surface area contributed by atoms with Crippen molar-refractivity contribution in [3.8, 4) is 0 Å². The Labute approximate surface area is 88.8 Å². The van der Waals surface area contributed by atoms with Crippen LogP contribution < -0.4 is 5.32 Å². The number of anilines is 1. The van der Waals surface area contributed by atoms with Gasteiger partial charge in [0.1, 0.15) is 5.82 Å². The number of halogens is 1. The fraction of sp³-hybridized carbons (Fsp3) is 0.222. The smallest absolute Gasteiger partial charge is 0.268 e. The normalized spacial score (nSPS) is 22.8. The first-order chi connectivity index (χ1) is 7.45. The number of hydrogen-bond acceptors (Lipinski definition) is 4. The topological polar surface area (TPSA) is 92.5 Å². The highest BCUT2D eigenvalue weighted by Crippen LogP contribution is 2.37. The van der Waals surface area contributed by atoms with Crippen LogP contribution in [0.1, 0.15) is 5.56 Å². The second kappa shape index (κ2) is 3.24. The van der Waals surface area contributed by atoms with Crippen LogP contribution in [0.4, 0.5) is 10.1 Å². The summed E-state index contributed by atoms with van der Waals surface area (Å²) >= 11 is 0. The number of nitrogens with zero attached hydrogens (tertiary/aromatic N) is 1. The Morgan fingerprint density at radius 3 is 2.88 bits per heavy atom. The van der Waals surface area contributed by atoms with Crippen molar-refractivity contribution in [1.29, 1.82) is 0 Å². The largest absolute Gasteiger partial charge is 0.370 e. The Balaban J connectivity index is 2.55. The van der Waals surface area contributed by atoms with Crippen molar-refractivity contribution in [1.82, 2.24) is 0 Å². The van der Waals surface area contributed by atoms with Crippen LogP contribution >= 0.6 is 0 Å². The van der Waals surface area contributed by atoms with Crippen LogP contribution in [0.15, 0.2) is 18.2 Å². The summed E-state index contributed by atoms with van der Waals surface area (Å²) in [7, 11) is 0. The van der Waals surface area contributed by atoms with Crippen molar-refractivity contribution in [3.05, 3.63) is 39.7 Å². The number of benzene rings is 1. The van der Waals surface area contributed by atoms with E-state index in [1.165, 1.54) is 12.1 Å². The summed E-state index contributed by atoms with van der Waals surface area (Å²) in [4.78, 5) is 21.0. The Hall–Kier alpha value is -2.02. The summed E-state index contributed by atoms with van der Waals surface area (Å²) < 4.78 is 13.2. The van der Waals surface area contributed by atoms with Gasteiger partial charge in [0.2, 0.25) is 12.1 Å². The molecule has 0 saturated carbocycles. The van der Waals surface area contributed by atoms with Crippen molar-refractivity contribution in [2.75, 3.05) is 11.9 Å². The summed E-state index contributed by atoms with van der Waals surface area (Å²) in [6, 6.07) is 3.65. The van der Waals surface area contributed by atoms with Crippen molar-refractivity contribution in [2.24, 2.45) is 0 Å². The highest BCUT2D eigenvalue weighted by Gasteiger charge is 2.50. The Kier molecular flexibility index (Phi) is 2.13. The molecule has 1 atom stereocenters. The van der Waals surface area contributed by atoms with Crippen molar-refractivity contribution < 1.29 is 19.2 Å². The SMILES string of the molecule is O=C1Nc2c(F)cccc2C1(O)C[N+](=O)[O-]. The maximum atomic E-state index is 13.2. The van der Waals surface area contributed by atoms with Crippen LogP contribution in [0.5, 0.6) is 0 Å². The molecular formula is C9H7FN2O4. The lowest BCUT2D eigenvalue weighted by Gasteiger charge is -2.15. The number of para-hydroxylation sites is 1. The number of rotatable bonds is 2. The molecule has 1 unspecified atom stereocenters. The van der Waals surface area contributed by atoms with Gasteiger partial charge in [-0.1, -0.05) is 12.1 Å². The number of carbonyl (C=O) groups excluding carboxylic acids is 1. The van der Waals surface area contributed by atoms with Gasteiger partial charge in [0.15, 0.2) is 0 Å². The van der Waals surface area contributed by atoms with Gasteiger partial charge in [0.25, 0.3) is 5.91 Å². The minimum absolute atomic E-state index is 0.103. The number of amides is 1. The maximum absolute atomic E-state index is 13.2. The van der Waals surface area contributed by atoms with Gasteiger partial charge in [-0.15, -0.1) is 0 Å². The van der Waals surface area contributed by atoms with Gasteiger partial charge in [-0.05, 0) is 6.07 Å². The van der Waals surface area contributed by atoms with E-state index < -0.39 is 28.8 Å². The van der Waals surface area contributed by atoms with Gasteiger partial charge < -0.3 is 10.4 Å². The third-order valence-corrected chi connectivity index (χ3v) is 2.43. The van der Waals surface area contributed by atoms with Crippen LogP contribution in [0.2, 0.25) is 0 Å². The Bertz CT molecular complexity index is 490. The zero-order valence-electron chi connectivity index (χ0n) is 7.94. The Morgan fingerprint density at radius 1 is 1.56 bits per heavy atom. The number of hydrogen-bond donors (Lipinski definition) is 2. The fourth-order valence-corrected chi connectivity index (χ4v) is 1.68. The molecule has 2 N–H and O–H groups in total. The van der Waals surface area contributed by atoms with Gasteiger partial charge in [0.05, 0.1) is 5.69 Å². The van der Waals surface area contributed by atoms with Crippen molar-refractivity contribution >= 4 is 11.6 Å². The predicted molar refractivity (Wildman–Crippen MR) is 50.8 cm³/mol. The van der Waals surface area contributed by atoms with Crippen molar-refractivity contribution in [3.63, 3.8) is 0 Å².